The Balaban J connectivity index is 2.56. The molecule has 1 aromatic carbocycles. The van der Waals surface area contributed by atoms with E-state index >= 15 is 0 Å². The minimum atomic E-state index is 0.263. The molecule has 0 spiro atoms. The Kier molecular flexibility index (Phi) is 6.00. The van der Waals surface area contributed by atoms with Crippen molar-refractivity contribution in [2.75, 3.05) is 20.2 Å². The summed E-state index contributed by atoms with van der Waals surface area (Å²) in [7, 11) is 1.66. The van der Waals surface area contributed by atoms with Gasteiger partial charge >= 0.3 is 0 Å². The topological polar surface area (TPSA) is 71.1 Å². The SMILES string of the molecule is CCN(CC/C(N)=N/O)Cc1cccc(OC)c1. The van der Waals surface area contributed by atoms with Crippen LogP contribution in [0.25, 0.3) is 0 Å². The number of hydrogen-bond acceptors (Lipinski definition) is 4. The van der Waals surface area contributed by atoms with E-state index < -0.39 is 0 Å². The minimum Gasteiger partial charge on any atom is -0.497 e. The summed E-state index contributed by atoms with van der Waals surface area (Å²) in [5.41, 5.74) is 6.66. The molecule has 100 valence electrons. The Morgan fingerprint density at radius 1 is 1.50 bits per heavy atom. The molecule has 1 aromatic rings. The number of rotatable bonds is 7. The lowest BCUT2D eigenvalue weighted by atomic mass is 10.2. The number of nitrogens with zero attached hydrogens (tertiary/aromatic N) is 2. The van der Waals surface area contributed by atoms with Crippen molar-refractivity contribution >= 4 is 5.84 Å². The van der Waals surface area contributed by atoms with E-state index in [9.17, 15) is 0 Å². The van der Waals surface area contributed by atoms with Crippen molar-refractivity contribution in [3.05, 3.63) is 29.8 Å². The molecule has 0 aliphatic rings. The number of nitrogens with two attached hydrogens (primary N) is 1. The number of methoxy groups -OCH3 is 1. The Bertz CT molecular complexity index is 394. The third-order valence-electron chi connectivity index (χ3n) is 2.80. The van der Waals surface area contributed by atoms with Gasteiger partial charge in [-0.2, -0.15) is 0 Å². The van der Waals surface area contributed by atoms with E-state index in [2.05, 4.69) is 23.0 Å². The fourth-order valence-electron chi connectivity index (χ4n) is 1.70. The van der Waals surface area contributed by atoms with Crippen molar-refractivity contribution in [1.29, 1.82) is 0 Å². The summed E-state index contributed by atoms with van der Waals surface area (Å²) in [6.45, 7) is 4.60. The van der Waals surface area contributed by atoms with Gasteiger partial charge in [0.15, 0.2) is 0 Å². The third-order valence-corrected chi connectivity index (χ3v) is 2.80. The number of benzene rings is 1. The summed E-state index contributed by atoms with van der Waals surface area (Å²) in [4.78, 5) is 2.23. The average molecular weight is 251 g/mol. The normalized spacial score (nSPS) is 11.8. The van der Waals surface area contributed by atoms with Crippen LogP contribution in [0.3, 0.4) is 0 Å². The highest BCUT2D eigenvalue weighted by Gasteiger charge is 2.05. The van der Waals surface area contributed by atoms with Crippen molar-refractivity contribution in [3.63, 3.8) is 0 Å². The molecule has 5 heteroatoms. The van der Waals surface area contributed by atoms with Gasteiger partial charge < -0.3 is 15.7 Å². The van der Waals surface area contributed by atoms with Crippen LogP contribution >= 0.6 is 0 Å². The average Bonchev–Trinajstić information content (AvgIpc) is 2.43. The zero-order valence-electron chi connectivity index (χ0n) is 11.0. The molecule has 0 aliphatic carbocycles. The van der Waals surface area contributed by atoms with E-state index in [0.29, 0.717) is 6.42 Å². The zero-order chi connectivity index (χ0) is 13.4. The maximum absolute atomic E-state index is 8.51. The first-order chi connectivity index (χ1) is 8.69. The Hall–Kier alpha value is -1.75. The third kappa shape index (κ3) is 4.63. The minimum absolute atomic E-state index is 0.263. The van der Waals surface area contributed by atoms with Gasteiger partial charge in [-0.15, -0.1) is 0 Å². The molecular weight excluding hydrogens is 230 g/mol. The van der Waals surface area contributed by atoms with Crippen LogP contribution in [0.15, 0.2) is 29.4 Å². The summed E-state index contributed by atoms with van der Waals surface area (Å²) in [5, 5.41) is 11.5. The maximum atomic E-state index is 8.51. The van der Waals surface area contributed by atoms with Crippen molar-refractivity contribution in [1.82, 2.24) is 4.90 Å². The van der Waals surface area contributed by atoms with Crippen molar-refractivity contribution in [3.8, 4) is 5.75 Å². The highest BCUT2D eigenvalue weighted by atomic mass is 16.5. The number of amidine groups is 1. The van der Waals surface area contributed by atoms with Crippen molar-refractivity contribution in [2.24, 2.45) is 10.9 Å². The monoisotopic (exact) mass is 251 g/mol. The molecular formula is C13H21N3O2. The number of ether oxygens (including phenoxy) is 1. The van der Waals surface area contributed by atoms with Gasteiger partial charge in [0, 0.05) is 19.5 Å². The van der Waals surface area contributed by atoms with Gasteiger partial charge in [-0.05, 0) is 24.2 Å². The molecule has 0 aliphatic heterocycles. The van der Waals surface area contributed by atoms with Gasteiger partial charge in [0.05, 0.1) is 7.11 Å². The molecule has 0 aromatic heterocycles. The second-order valence-electron chi connectivity index (χ2n) is 4.06. The Morgan fingerprint density at radius 3 is 2.89 bits per heavy atom. The van der Waals surface area contributed by atoms with Crippen LogP contribution < -0.4 is 10.5 Å². The second-order valence-corrected chi connectivity index (χ2v) is 4.06. The quantitative estimate of drug-likeness (QED) is 0.334. The highest BCUT2D eigenvalue weighted by Crippen LogP contribution is 2.14. The largest absolute Gasteiger partial charge is 0.497 e. The zero-order valence-corrected chi connectivity index (χ0v) is 11.0. The van der Waals surface area contributed by atoms with E-state index in [1.807, 2.05) is 18.2 Å². The smallest absolute Gasteiger partial charge is 0.140 e. The van der Waals surface area contributed by atoms with E-state index in [1.54, 1.807) is 7.11 Å². The van der Waals surface area contributed by atoms with Gasteiger partial charge in [-0.25, -0.2) is 0 Å². The predicted molar refractivity (Wildman–Crippen MR) is 72.0 cm³/mol. The summed E-state index contributed by atoms with van der Waals surface area (Å²) in [5.74, 6) is 1.12. The second kappa shape index (κ2) is 7.55. The van der Waals surface area contributed by atoms with Crippen LogP contribution in [0.2, 0.25) is 0 Å². The first-order valence-electron chi connectivity index (χ1n) is 6.01. The van der Waals surface area contributed by atoms with Gasteiger partial charge in [0.1, 0.15) is 11.6 Å². The molecule has 0 heterocycles. The summed E-state index contributed by atoms with van der Waals surface area (Å²) < 4.78 is 5.19. The number of hydrogen-bond donors (Lipinski definition) is 2. The molecule has 0 fully saturated rings. The molecule has 0 atom stereocenters. The van der Waals surface area contributed by atoms with Crippen molar-refractivity contribution in [2.45, 2.75) is 19.9 Å². The molecule has 0 radical (unpaired) electrons. The fraction of sp³-hybridized carbons (Fsp3) is 0.462. The van der Waals surface area contributed by atoms with Crippen LogP contribution in [0.4, 0.5) is 0 Å². The fourth-order valence-corrected chi connectivity index (χ4v) is 1.70. The summed E-state index contributed by atoms with van der Waals surface area (Å²) in [6.07, 6.45) is 0.564. The molecule has 0 saturated carbocycles. The highest BCUT2D eigenvalue weighted by molar-refractivity contribution is 5.79. The molecule has 0 unspecified atom stereocenters. The summed E-state index contributed by atoms with van der Waals surface area (Å²) in [6, 6.07) is 7.99. The Morgan fingerprint density at radius 2 is 2.28 bits per heavy atom. The number of oxime groups is 1. The van der Waals surface area contributed by atoms with Gasteiger partial charge in [-0.3, -0.25) is 4.90 Å². The molecule has 0 bridgehead atoms. The molecule has 5 nitrogen and oxygen atoms in total. The van der Waals surface area contributed by atoms with Gasteiger partial charge in [0.25, 0.3) is 0 Å². The molecule has 0 saturated heterocycles. The van der Waals surface area contributed by atoms with E-state index in [0.717, 1.165) is 25.4 Å². The van der Waals surface area contributed by atoms with E-state index in [4.69, 9.17) is 15.7 Å². The molecule has 0 amide bonds. The predicted octanol–water partition coefficient (Wildman–Crippen LogP) is 1.65. The van der Waals surface area contributed by atoms with Crippen LogP contribution in [-0.2, 0) is 6.54 Å². The molecule has 1 rings (SSSR count). The first-order valence-corrected chi connectivity index (χ1v) is 6.01. The molecule has 3 N–H and O–H groups in total. The standard InChI is InChI=1S/C13H21N3O2/c1-3-16(8-7-13(14)15-17)10-11-5-4-6-12(9-11)18-2/h4-6,9,17H,3,7-8,10H2,1-2H3,(H2,14,15). The lowest BCUT2D eigenvalue weighted by Crippen LogP contribution is -2.27. The lowest BCUT2D eigenvalue weighted by molar-refractivity contribution is 0.282. The van der Waals surface area contributed by atoms with E-state index in [-0.39, 0.29) is 5.84 Å². The van der Waals surface area contributed by atoms with E-state index in [1.165, 1.54) is 5.56 Å². The lowest BCUT2D eigenvalue weighted by Gasteiger charge is -2.20. The van der Waals surface area contributed by atoms with Gasteiger partial charge in [-0.1, -0.05) is 24.2 Å². The maximum Gasteiger partial charge on any atom is 0.140 e. The van der Waals surface area contributed by atoms with Crippen LogP contribution in [0.1, 0.15) is 18.9 Å². The van der Waals surface area contributed by atoms with Crippen LogP contribution in [0, 0.1) is 0 Å². The summed E-state index contributed by atoms with van der Waals surface area (Å²) >= 11 is 0. The van der Waals surface area contributed by atoms with Gasteiger partial charge in [0.2, 0.25) is 0 Å². The Labute approximate surface area is 108 Å². The van der Waals surface area contributed by atoms with Crippen LogP contribution in [-0.4, -0.2) is 36.1 Å². The van der Waals surface area contributed by atoms with Crippen LogP contribution in [0.5, 0.6) is 5.75 Å². The van der Waals surface area contributed by atoms with Crippen molar-refractivity contribution < 1.29 is 9.94 Å². The molecule has 18 heavy (non-hydrogen) atoms. The first kappa shape index (κ1) is 14.3.